The molecule has 1 unspecified atom stereocenters. The Balaban J connectivity index is 2.89. The number of benzene rings is 1. The van der Waals surface area contributed by atoms with Crippen molar-refractivity contribution in [3.63, 3.8) is 0 Å². The van der Waals surface area contributed by atoms with Gasteiger partial charge in [0.05, 0.1) is 12.7 Å². The fraction of sp³-hybridized carbons (Fsp3) is 0.462. The van der Waals surface area contributed by atoms with Gasteiger partial charge in [-0.25, -0.2) is 13.2 Å². The van der Waals surface area contributed by atoms with Crippen LogP contribution in [-0.2, 0) is 0 Å². The van der Waals surface area contributed by atoms with E-state index in [1.807, 2.05) is 6.07 Å². The first-order valence-corrected chi connectivity index (χ1v) is 6.08. The van der Waals surface area contributed by atoms with Crippen LogP contribution in [0.2, 0.25) is 0 Å². The lowest BCUT2D eigenvalue weighted by Crippen LogP contribution is -2.42. The van der Waals surface area contributed by atoms with Crippen LogP contribution >= 0.6 is 0 Å². The lowest BCUT2D eigenvalue weighted by atomic mass is 10.0. The molecule has 0 amide bonds. The van der Waals surface area contributed by atoms with E-state index >= 15 is 0 Å². The van der Waals surface area contributed by atoms with Crippen LogP contribution in [0.15, 0.2) is 0 Å². The summed E-state index contributed by atoms with van der Waals surface area (Å²) in [4.78, 5) is 0. The monoisotopic (exact) mass is 308 g/mol. The molecule has 0 spiro atoms. The SMILES string of the molecule is CCNC(C)(C#N)CCOc1c(F)c(F)c(F)c(F)c1F. The minimum atomic E-state index is -2.24. The van der Waals surface area contributed by atoms with Crippen molar-refractivity contribution in [2.75, 3.05) is 13.2 Å². The third-order valence-electron chi connectivity index (χ3n) is 2.83. The van der Waals surface area contributed by atoms with E-state index in [-0.39, 0.29) is 6.42 Å². The molecule has 1 rings (SSSR count). The van der Waals surface area contributed by atoms with Crippen molar-refractivity contribution in [3.8, 4) is 11.8 Å². The van der Waals surface area contributed by atoms with E-state index in [1.54, 1.807) is 6.92 Å². The molecule has 0 heterocycles. The molecule has 8 heteroatoms. The predicted molar refractivity (Wildman–Crippen MR) is 64.0 cm³/mol. The summed E-state index contributed by atoms with van der Waals surface area (Å²) in [7, 11) is 0. The van der Waals surface area contributed by atoms with Gasteiger partial charge in [-0.1, -0.05) is 6.92 Å². The Morgan fingerprint density at radius 3 is 1.95 bits per heavy atom. The number of nitrogens with zero attached hydrogens (tertiary/aromatic N) is 1. The van der Waals surface area contributed by atoms with Crippen LogP contribution in [0.3, 0.4) is 0 Å². The topological polar surface area (TPSA) is 45.0 Å². The molecule has 1 N–H and O–H groups in total. The third-order valence-corrected chi connectivity index (χ3v) is 2.83. The van der Waals surface area contributed by atoms with Crippen LogP contribution in [0, 0.1) is 40.4 Å². The van der Waals surface area contributed by atoms with Crippen molar-refractivity contribution in [2.24, 2.45) is 0 Å². The fourth-order valence-electron chi connectivity index (χ4n) is 1.64. The first-order chi connectivity index (χ1) is 9.77. The smallest absolute Gasteiger partial charge is 0.206 e. The van der Waals surface area contributed by atoms with Gasteiger partial charge in [0.2, 0.25) is 29.1 Å². The van der Waals surface area contributed by atoms with Crippen LogP contribution in [0.1, 0.15) is 20.3 Å². The maximum absolute atomic E-state index is 13.3. The molecule has 0 aromatic heterocycles. The zero-order chi connectivity index (χ0) is 16.2. The van der Waals surface area contributed by atoms with E-state index in [1.165, 1.54) is 6.92 Å². The number of hydrogen-bond donors (Lipinski definition) is 1. The summed E-state index contributed by atoms with van der Waals surface area (Å²) in [5, 5.41) is 11.8. The molecule has 1 aromatic rings. The van der Waals surface area contributed by atoms with Crippen LogP contribution in [-0.4, -0.2) is 18.7 Å². The molecule has 0 fully saturated rings. The summed E-state index contributed by atoms with van der Waals surface area (Å²) in [5.74, 6) is -11.8. The quantitative estimate of drug-likeness (QED) is 0.499. The summed E-state index contributed by atoms with van der Waals surface area (Å²) in [6.07, 6.45) is -0.00314. The number of nitrogens with one attached hydrogen (secondary N) is 1. The van der Waals surface area contributed by atoms with Crippen LogP contribution in [0.25, 0.3) is 0 Å². The van der Waals surface area contributed by atoms with E-state index in [0.717, 1.165) is 0 Å². The maximum atomic E-state index is 13.3. The Kier molecular flexibility index (Phi) is 5.49. The molecular formula is C13H13F5N2O. The Morgan fingerprint density at radius 1 is 1.05 bits per heavy atom. The van der Waals surface area contributed by atoms with E-state index in [4.69, 9.17) is 5.26 Å². The zero-order valence-corrected chi connectivity index (χ0v) is 11.4. The highest BCUT2D eigenvalue weighted by atomic mass is 19.2. The second kappa shape index (κ2) is 6.72. The van der Waals surface area contributed by atoms with Crippen molar-refractivity contribution in [1.29, 1.82) is 5.26 Å². The van der Waals surface area contributed by atoms with Gasteiger partial charge < -0.3 is 4.74 Å². The van der Waals surface area contributed by atoms with E-state index in [0.29, 0.717) is 6.54 Å². The average molecular weight is 308 g/mol. The largest absolute Gasteiger partial charge is 0.487 e. The van der Waals surface area contributed by atoms with Gasteiger partial charge in [0.25, 0.3) is 0 Å². The van der Waals surface area contributed by atoms with Gasteiger partial charge in [0.1, 0.15) is 5.54 Å². The molecule has 0 saturated heterocycles. The van der Waals surface area contributed by atoms with E-state index in [2.05, 4.69) is 10.1 Å². The summed E-state index contributed by atoms with van der Waals surface area (Å²) in [6, 6.07) is 1.94. The number of hydrogen-bond acceptors (Lipinski definition) is 3. The lowest BCUT2D eigenvalue weighted by Gasteiger charge is -2.22. The first-order valence-electron chi connectivity index (χ1n) is 6.08. The summed E-state index contributed by atoms with van der Waals surface area (Å²) in [6.45, 7) is 3.35. The second-order valence-electron chi connectivity index (χ2n) is 4.47. The molecule has 0 bridgehead atoms. The third kappa shape index (κ3) is 3.61. The zero-order valence-electron chi connectivity index (χ0n) is 11.4. The van der Waals surface area contributed by atoms with E-state index in [9.17, 15) is 22.0 Å². The molecule has 0 saturated carbocycles. The number of rotatable bonds is 6. The molecule has 1 aromatic carbocycles. The van der Waals surface area contributed by atoms with Gasteiger partial charge in [-0.05, 0) is 13.5 Å². The Bertz CT molecular complexity index is 544. The fourth-order valence-corrected chi connectivity index (χ4v) is 1.64. The average Bonchev–Trinajstić information content (AvgIpc) is 2.47. The molecule has 3 nitrogen and oxygen atoms in total. The molecule has 21 heavy (non-hydrogen) atoms. The molecule has 0 aliphatic rings. The molecule has 0 aliphatic heterocycles. The Labute approximate surface area is 118 Å². The minimum Gasteiger partial charge on any atom is -0.487 e. The Hall–Kier alpha value is -1.88. The van der Waals surface area contributed by atoms with Gasteiger partial charge in [-0.3, -0.25) is 5.32 Å². The van der Waals surface area contributed by atoms with Gasteiger partial charge >= 0.3 is 0 Å². The molecule has 0 radical (unpaired) electrons. The molecule has 1 atom stereocenters. The standard InChI is InChI=1S/C13H13F5N2O/c1-3-20-13(2,6-19)4-5-21-12-10(17)8(15)7(14)9(16)11(12)18/h20H,3-5H2,1-2H3. The number of nitriles is 1. The molecule has 116 valence electrons. The Morgan fingerprint density at radius 2 is 1.52 bits per heavy atom. The molecule has 0 aliphatic carbocycles. The number of halogens is 5. The summed E-state index contributed by atoms with van der Waals surface area (Å²) >= 11 is 0. The maximum Gasteiger partial charge on any atom is 0.206 e. The van der Waals surface area contributed by atoms with Crippen molar-refractivity contribution < 1.29 is 26.7 Å². The normalized spacial score (nSPS) is 13.6. The number of ether oxygens (including phenoxy) is 1. The van der Waals surface area contributed by atoms with Crippen molar-refractivity contribution in [2.45, 2.75) is 25.8 Å². The summed E-state index contributed by atoms with van der Waals surface area (Å²) < 4.78 is 70.0. The first kappa shape index (κ1) is 17.2. The van der Waals surface area contributed by atoms with Gasteiger partial charge in [0, 0.05) is 6.42 Å². The van der Waals surface area contributed by atoms with E-state index < -0.39 is 47.0 Å². The van der Waals surface area contributed by atoms with Gasteiger partial charge in [-0.2, -0.15) is 14.0 Å². The lowest BCUT2D eigenvalue weighted by molar-refractivity contribution is 0.235. The van der Waals surface area contributed by atoms with Gasteiger partial charge in [-0.15, -0.1) is 0 Å². The van der Waals surface area contributed by atoms with Crippen LogP contribution in [0.4, 0.5) is 22.0 Å². The highest BCUT2D eigenvalue weighted by Gasteiger charge is 2.28. The second-order valence-corrected chi connectivity index (χ2v) is 4.47. The van der Waals surface area contributed by atoms with Crippen molar-refractivity contribution in [1.82, 2.24) is 5.32 Å². The van der Waals surface area contributed by atoms with Crippen LogP contribution in [0.5, 0.6) is 5.75 Å². The summed E-state index contributed by atoms with van der Waals surface area (Å²) in [5.41, 5.74) is -1.03. The van der Waals surface area contributed by atoms with Crippen molar-refractivity contribution in [3.05, 3.63) is 29.1 Å². The van der Waals surface area contributed by atoms with Crippen molar-refractivity contribution >= 4 is 0 Å². The molecular weight excluding hydrogens is 295 g/mol. The van der Waals surface area contributed by atoms with Gasteiger partial charge in [0.15, 0.2) is 5.75 Å². The predicted octanol–water partition coefficient (Wildman–Crippen LogP) is 3.04. The highest BCUT2D eigenvalue weighted by Crippen LogP contribution is 2.29. The minimum absolute atomic E-state index is 0.00314. The highest BCUT2D eigenvalue weighted by molar-refractivity contribution is 5.29. The van der Waals surface area contributed by atoms with Crippen LogP contribution < -0.4 is 10.1 Å².